The number of piperazine rings is 1. The Hall–Kier alpha value is -2.18. The number of anilines is 1. The molecule has 0 bridgehead atoms. The van der Waals surface area contributed by atoms with E-state index in [2.05, 4.69) is 20.0 Å². The molecule has 0 saturated carbocycles. The van der Waals surface area contributed by atoms with E-state index in [1.54, 1.807) is 6.07 Å². The molecule has 0 spiro atoms. The summed E-state index contributed by atoms with van der Waals surface area (Å²) in [4.78, 5) is 4.58. The summed E-state index contributed by atoms with van der Waals surface area (Å²) in [6, 6.07) is 10.6. The van der Waals surface area contributed by atoms with E-state index in [4.69, 9.17) is 11.6 Å². The minimum Gasteiger partial charge on any atom is -0.369 e. The molecule has 1 aliphatic heterocycles. The second-order valence-corrected chi connectivity index (χ2v) is 6.63. The van der Waals surface area contributed by atoms with E-state index in [1.165, 1.54) is 0 Å². The highest BCUT2D eigenvalue weighted by atomic mass is 35.5. The maximum atomic E-state index is 13.8. The van der Waals surface area contributed by atoms with Gasteiger partial charge in [-0.15, -0.1) is 0 Å². The van der Waals surface area contributed by atoms with Gasteiger partial charge in [-0.1, -0.05) is 11.6 Å². The van der Waals surface area contributed by atoms with Gasteiger partial charge in [-0.2, -0.15) is 5.10 Å². The van der Waals surface area contributed by atoms with Crippen molar-refractivity contribution < 1.29 is 8.78 Å². The third kappa shape index (κ3) is 3.19. The molecule has 25 heavy (non-hydrogen) atoms. The van der Waals surface area contributed by atoms with Crippen molar-refractivity contribution in [3.05, 3.63) is 58.7 Å². The van der Waals surface area contributed by atoms with E-state index in [9.17, 15) is 8.78 Å². The molecule has 0 unspecified atom stereocenters. The average molecular weight is 363 g/mol. The van der Waals surface area contributed by atoms with Crippen molar-refractivity contribution in [2.24, 2.45) is 0 Å². The van der Waals surface area contributed by atoms with Gasteiger partial charge in [-0.05, 0) is 36.4 Å². The lowest BCUT2D eigenvalue weighted by Crippen LogP contribution is -2.46. The standard InChI is InChI=1S/C18H17ClF2N4/c19-12-1-3-13(4-2-12)25-9-7-24(8-10-25)11-16-14-5-6-15(20)17(21)18(14)23-22-16/h1-6H,7-11H2,(H,22,23). The highest BCUT2D eigenvalue weighted by molar-refractivity contribution is 6.30. The fourth-order valence-corrected chi connectivity index (χ4v) is 3.36. The second-order valence-electron chi connectivity index (χ2n) is 6.19. The van der Waals surface area contributed by atoms with Gasteiger partial charge in [0, 0.05) is 48.8 Å². The van der Waals surface area contributed by atoms with Crippen molar-refractivity contribution in [2.75, 3.05) is 31.1 Å². The molecule has 2 heterocycles. The van der Waals surface area contributed by atoms with Crippen molar-refractivity contribution in [3.63, 3.8) is 0 Å². The molecule has 1 N–H and O–H groups in total. The van der Waals surface area contributed by atoms with Crippen LogP contribution in [0.2, 0.25) is 5.02 Å². The number of benzene rings is 2. The first kappa shape index (κ1) is 16.3. The normalized spacial score (nSPS) is 15.9. The molecule has 0 radical (unpaired) electrons. The number of H-pyrrole nitrogens is 1. The van der Waals surface area contributed by atoms with Crippen molar-refractivity contribution in [1.82, 2.24) is 15.1 Å². The number of nitrogens with zero attached hydrogens (tertiary/aromatic N) is 3. The Morgan fingerprint density at radius 3 is 2.44 bits per heavy atom. The number of aromatic nitrogens is 2. The molecular weight excluding hydrogens is 346 g/mol. The van der Waals surface area contributed by atoms with Gasteiger partial charge >= 0.3 is 0 Å². The van der Waals surface area contributed by atoms with Crippen LogP contribution in [-0.2, 0) is 6.54 Å². The van der Waals surface area contributed by atoms with Crippen molar-refractivity contribution in [3.8, 4) is 0 Å². The van der Waals surface area contributed by atoms with Crippen LogP contribution in [0.25, 0.3) is 10.9 Å². The zero-order chi connectivity index (χ0) is 17.4. The van der Waals surface area contributed by atoms with Crippen LogP contribution >= 0.6 is 11.6 Å². The highest BCUT2D eigenvalue weighted by Crippen LogP contribution is 2.23. The fourth-order valence-electron chi connectivity index (χ4n) is 3.23. The molecule has 2 aromatic carbocycles. The van der Waals surface area contributed by atoms with E-state index >= 15 is 0 Å². The molecule has 3 aromatic rings. The number of rotatable bonds is 3. The van der Waals surface area contributed by atoms with Gasteiger partial charge in [0.25, 0.3) is 0 Å². The molecule has 130 valence electrons. The van der Waals surface area contributed by atoms with E-state index in [1.807, 2.05) is 24.3 Å². The molecule has 1 fully saturated rings. The quantitative estimate of drug-likeness (QED) is 0.769. The summed E-state index contributed by atoms with van der Waals surface area (Å²) >= 11 is 5.94. The van der Waals surface area contributed by atoms with Crippen molar-refractivity contribution in [1.29, 1.82) is 0 Å². The predicted octanol–water partition coefficient (Wildman–Crippen LogP) is 3.82. The number of hydrogen-bond donors (Lipinski definition) is 1. The zero-order valence-corrected chi connectivity index (χ0v) is 14.2. The first-order valence-corrected chi connectivity index (χ1v) is 8.53. The molecular formula is C18H17ClF2N4. The van der Waals surface area contributed by atoms with Crippen LogP contribution in [0.15, 0.2) is 36.4 Å². The van der Waals surface area contributed by atoms with Crippen LogP contribution in [0.3, 0.4) is 0 Å². The Kier molecular flexibility index (Phi) is 4.31. The molecule has 1 aromatic heterocycles. The minimum atomic E-state index is -0.871. The van der Waals surface area contributed by atoms with Gasteiger partial charge in [0.1, 0.15) is 5.52 Å². The molecule has 4 nitrogen and oxygen atoms in total. The summed E-state index contributed by atoms with van der Waals surface area (Å²) in [6.07, 6.45) is 0. The molecule has 0 amide bonds. The molecule has 0 atom stereocenters. The van der Waals surface area contributed by atoms with E-state index in [-0.39, 0.29) is 5.52 Å². The van der Waals surface area contributed by atoms with E-state index in [0.717, 1.165) is 48.6 Å². The van der Waals surface area contributed by atoms with Gasteiger partial charge < -0.3 is 4.90 Å². The van der Waals surface area contributed by atoms with Gasteiger partial charge in [0.05, 0.1) is 5.69 Å². The van der Waals surface area contributed by atoms with Crippen LogP contribution in [0.5, 0.6) is 0 Å². The lowest BCUT2D eigenvalue weighted by atomic mass is 10.1. The number of halogens is 3. The van der Waals surface area contributed by atoms with Crippen LogP contribution in [0.1, 0.15) is 5.69 Å². The summed E-state index contributed by atoms with van der Waals surface area (Å²) in [6.45, 7) is 4.15. The number of hydrogen-bond acceptors (Lipinski definition) is 3. The van der Waals surface area contributed by atoms with E-state index in [0.29, 0.717) is 11.9 Å². The third-order valence-corrected chi connectivity index (χ3v) is 4.90. The lowest BCUT2D eigenvalue weighted by molar-refractivity contribution is 0.248. The van der Waals surface area contributed by atoms with Crippen LogP contribution < -0.4 is 4.90 Å². The second kappa shape index (κ2) is 6.61. The van der Waals surface area contributed by atoms with Gasteiger partial charge in [-0.25, -0.2) is 8.78 Å². The predicted molar refractivity (Wildman–Crippen MR) is 95.0 cm³/mol. The summed E-state index contributed by atoms with van der Waals surface area (Å²) in [5.74, 6) is -1.73. The van der Waals surface area contributed by atoms with Gasteiger partial charge in [0.2, 0.25) is 0 Å². The average Bonchev–Trinajstić information content (AvgIpc) is 3.03. The Balaban J connectivity index is 1.44. The SMILES string of the molecule is Fc1ccc2c(CN3CCN(c4ccc(Cl)cc4)CC3)n[nH]c2c1F. The van der Waals surface area contributed by atoms with Gasteiger partial charge in [0.15, 0.2) is 11.6 Å². The third-order valence-electron chi connectivity index (χ3n) is 4.65. The summed E-state index contributed by atoms with van der Waals surface area (Å²) in [7, 11) is 0. The Morgan fingerprint density at radius 1 is 1.00 bits per heavy atom. The topological polar surface area (TPSA) is 35.2 Å². The highest BCUT2D eigenvalue weighted by Gasteiger charge is 2.20. The van der Waals surface area contributed by atoms with Crippen molar-refractivity contribution in [2.45, 2.75) is 6.54 Å². The first-order chi connectivity index (χ1) is 12.1. The Labute approximate surface area is 149 Å². The number of nitrogens with one attached hydrogen (secondary N) is 1. The zero-order valence-electron chi connectivity index (χ0n) is 13.5. The first-order valence-electron chi connectivity index (χ1n) is 8.15. The summed E-state index contributed by atoms with van der Waals surface area (Å²) in [5.41, 5.74) is 2.04. The monoisotopic (exact) mass is 362 g/mol. The fraction of sp³-hybridized carbons (Fsp3) is 0.278. The number of fused-ring (bicyclic) bond motifs is 1. The molecule has 7 heteroatoms. The smallest absolute Gasteiger partial charge is 0.184 e. The molecule has 1 aliphatic rings. The largest absolute Gasteiger partial charge is 0.369 e. The van der Waals surface area contributed by atoms with Crippen molar-refractivity contribution >= 4 is 28.2 Å². The summed E-state index contributed by atoms with van der Waals surface area (Å²) in [5, 5.41) is 8.16. The molecule has 0 aliphatic carbocycles. The maximum absolute atomic E-state index is 13.8. The summed E-state index contributed by atoms with van der Waals surface area (Å²) < 4.78 is 27.1. The van der Waals surface area contributed by atoms with Crippen LogP contribution in [0, 0.1) is 11.6 Å². The Bertz CT molecular complexity index is 886. The van der Waals surface area contributed by atoms with E-state index < -0.39 is 11.6 Å². The maximum Gasteiger partial charge on any atom is 0.184 e. The minimum absolute atomic E-state index is 0.134. The molecule has 1 saturated heterocycles. The Morgan fingerprint density at radius 2 is 1.72 bits per heavy atom. The van der Waals surface area contributed by atoms with Gasteiger partial charge in [-0.3, -0.25) is 10.00 Å². The lowest BCUT2D eigenvalue weighted by Gasteiger charge is -2.35. The van der Waals surface area contributed by atoms with Crippen LogP contribution in [0.4, 0.5) is 14.5 Å². The number of aromatic amines is 1. The molecule has 4 rings (SSSR count). The van der Waals surface area contributed by atoms with Crippen LogP contribution in [-0.4, -0.2) is 41.3 Å².